The Morgan fingerprint density at radius 3 is 3.24 bits per heavy atom. The third kappa shape index (κ3) is 2.55. The molecule has 1 aliphatic rings. The van der Waals surface area contributed by atoms with Crippen LogP contribution in [0.1, 0.15) is 16.8 Å². The van der Waals surface area contributed by atoms with Gasteiger partial charge in [-0.3, -0.25) is 4.98 Å². The highest BCUT2D eigenvalue weighted by Gasteiger charge is 2.25. The molecule has 0 saturated carbocycles. The number of pyridine rings is 1. The number of carboxylic acid groups (broad SMARTS) is 1. The molecule has 92 valence electrons. The van der Waals surface area contributed by atoms with Crippen molar-refractivity contribution < 1.29 is 14.6 Å². The van der Waals surface area contributed by atoms with Gasteiger partial charge in [-0.25, -0.2) is 4.79 Å². The second kappa shape index (κ2) is 5.14. The molecule has 1 atom stereocenters. The number of aromatic carboxylic acids is 1. The summed E-state index contributed by atoms with van der Waals surface area (Å²) in [6, 6.07) is 1.76. The van der Waals surface area contributed by atoms with E-state index >= 15 is 0 Å². The Kier molecular flexibility index (Phi) is 3.58. The van der Waals surface area contributed by atoms with Crippen molar-refractivity contribution in [1.82, 2.24) is 4.98 Å². The molecule has 5 heteroatoms. The van der Waals surface area contributed by atoms with Gasteiger partial charge in [0, 0.05) is 38.5 Å². The molecule has 2 rings (SSSR count). The number of anilines is 1. The fourth-order valence-corrected chi connectivity index (χ4v) is 2.25. The molecular weight excluding hydrogens is 220 g/mol. The lowest BCUT2D eigenvalue weighted by Gasteiger charge is -2.20. The van der Waals surface area contributed by atoms with Crippen molar-refractivity contribution in [3.63, 3.8) is 0 Å². The van der Waals surface area contributed by atoms with E-state index in [1.54, 1.807) is 19.4 Å². The summed E-state index contributed by atoms with van der Waals surface area (Å²) < 4.78 is 5.13. The molecule has 0 spiro atoms. The predicted molar refractivity (Wildman–Crippen MR) is 63.4 cm³/mol. The SMILES string of the molecule is COCC1CCN(c2ccncc2C(=O)O)C1. The van der Waals surface area contributed by atoms with Crippen LogP contribution in [0, 0.1) is 5.92 Å². The zero-order valence-electron chi connectivity index (χ0n) is 9.80. The number of methoxy groups -OCH3 is 1. The molecule has 2 heterocycles. The Bertz CT molecular complexity index is 408. The van der Waals surface area contributed by atoms with Gasteiger partial charge < -0.3 is 14.7 Å². The van der Waals surface area contributed by atoms with Gasteiger partial charge in [-0.2, -0.15) is 0 Å². The second-order valence-corrected chi connectivity index (χ2v) is 4.25. The van der Waals surface area contributed by atoms with Gasteiger partial charge in [-0.1, -0.05) is 0 Å². The lowest BCUT2D eigenvalue weighted by Crippen LogP contribution is -2.23. The fourth-order valence-electron chi connectivity index (χ4n) is 2.25. The molecule has 5 nitrogen and oxygen atoms in total. The third-order valence-corrected chi connectivity index (χ3v) is 3.06. The predicted octanol–water partition coefficient (Wildman–Crippen LogP) is 1.25. The van der Waals surface area contributed by atoms with E-state index in [2.05, 4.69) is 9.88 Å². The molecule has 0 bridgehead atoms. The van der Waals surface area contributed by atoms with Crippen LogP contribution in [0.3, 0.4) is 0 Å². The summed E-state index contributed by atoms with van der Waals surface area (Å²) >= 11 is 0. The molecule has 0 radical (unpaired) electrons. The lowest BCUT2D eigenvalue weighted by atomic mass is 10.1. The van der Waals surface area contributed by atoms with Gasteiger partial charge in [-0.05, 0) is 12.5 Å². The quantitative estimate of drug-likeness (QED) is 0.852. The summed E-state index contributed by atoms with van der Waals surface area (Å²) in [4.78, 5) is 17.0. The van der Waals surface area contributed by atoms with E-state index in [9.17, 15) is 4.79 Å². The van der Waals surface area contributed by atoms with E-state index in [4.69, 9.17) is 9.84 Å². The molecule has 1 aromatic heterocycles. The normalized spacial score (nSPS) is 19.6. The Hall–Kier alpha value is -1.62. The number of ether oxygens (including phenoxy) is 1. The van der Waals surface area contributed by atoms with Crippen LogP contribution in [-0.4, -0.2) is 42.9 Å². The summed E-state index contributed by atoms with van der Waals surface area (Å²) in [5.74, 6) is -0.446. The molecule has 1 saturated heterocycles. The molecule has 1 N–H and O–H groups in total. The zero-order valence-corrected chi connectivity index (χ0v) is 9.80. The van der Waals surface area contributed by atoms with E-state index < -0.39 is 5.97 Å². The second-order valence-electron chi connectivity index (χ2n) is 4.25. The molecule has 1 fully saturated rings. The van der Waals surface area contributed by atoms with Crippen molar-refractivity contribution in [3.05, 3.63) is 24.0 Å². The standard InChI is InChI=1S/C12H16N2O3/c1-17-8-9-3-5-14(7-9)11-2-4-13-6-10(11)12(15)16/h2,4,6,9H,3,5,7-8H2,1H3,(H,15,16). The van der Waals surface area contributed by atoms with Crippen LogP contribution < -0.4 is 4.90 Å². The zero-order chi connectivity index (χ0) is 12.3. The largest absolute Gasteiger partial charge is 0.478 e. The van der Waals surface area contributed by atoms with Crippen molar-refractivity contribution in [1.29, 1.82) is 0 Å². The molecule has 1 aliphatic heterocycles. The van der Waals surface area contributed by atoms with Gasteiger partial charge in [-0.15, -0.1) is 0 Å². The van der Waals surface area contributed by atoms with Crippen LogP contribution in [0.25, 0.3) is 0 Å². The average molecular weight is 236 g/mol. The average Bonchev–Trinajstić information content (AvgIpc) is 2.78. The Labute approximate surface area is 100 Å². The first-order chi connectivity index (χ1) is 8.22. The smallest absolute Gasteiger partial charge is 0.339 e. The Morgan fingerprint density at radius 1 is 1.71 bits per heavy atom. The van der Waals surface area contributed by atoms with Gasteiger partial charge in [0.2, 0.25) is 0 Å². The van der Waals surface area contributed by atoms with E-state index in [0.29, 0.717) is 5.92 Å². The molecule has 17 heavy (non-hydrogen) atoms. The maximum absolute atomic E-state index is 11.1. The van der Waals surface area contributed by atoms with Gasteiger partial charge in [0.25, 0.3) is 0 Å². The minimum atomic E-state index is -0.928. The van der Waals surface area contributed by atoms with Crippen molar-refractivity contribution >= 4 is 11.7 Å². The Balaban J connectivity index is 2.16. The van der Waals surface area contributed by atoms with Gasteiger partial charge >= 0.3 is 5.97 Å². The number of nitrogens with zero attached hydrogens (tertiary/aromatic N) is 2. The van der Waals surface area contributed by atoms with Crippen molar-refractivity contribution in [2.45, 2.75) is 6.42 Å². The van der Waals surface area contributed by atoms with E-state index in [0.717, 1.165) is 31.8 Å². The van der Waals surface area contributed by atoms with E-state index in [1.165, 1.54) is 6.20 Å². The first-order valence-corrected chi connectivity index (χ1v) is 5.63. The van der Waals surface area contributed by atoms with Crippen LogP contribution in [0.2, 0.25) is 0 Å². The topological polar surface area (TPSA) is 62.7 Å². The summed E-state index contributed by atoms with van der Waals surface area (Å²) in [6.45, 7) is 2.44. The van der Waals surface area contributed by atoms with Crippen molar-refractivity contribution in [2.24, 2.45) is 5.92 Å². The van der Waals surface area contributed by atoms with E-state index in [1.807, 2.05) is 0 Å². The van der Waals surface area contributed by atoms with Crippen LogP contribution in [0.4, 0.5) is 5.69 Å². The number of hydrogen-bond donors (Lipinski definition) is 1. The van der Waals surface area contributed by atoms with Gasteiger partial charge in [0.05, 0.1) is 12.3 Å². The third-order valence-electron chi connectivity index (χ3n) is 3.06. The monoisotopic (exact) mass is 236 g/mol. The number of rotatable bonds is 4. The Morgan fingerprint density at radius 2 is 2.53 bits per heavy atom. The molecule has 0 aliphatic carbocycles. The molecule has 1 unspecified atom stereocenters. The highest BCUT2D eigenvalue weighted by atomic mass is 16.5. The van der Waals surface area contributed by atoms with Gasteiger partial charge in [0.15, 0.2) is 0 Å². The van der Waals surface area contributed by atoms with Crippen molar-refractivity contribution in [2.75, 3.05) is 31.7 Å². The molecular formula is C12H16N2O3. The number of aromatic nitrogens is 1. The highest BCUT2D eigenvalue weighted by Crippen LogP contribution is 2.26. The van der Waals surface area contributed by atoms with Crippen LogP contribution in [-0.2, 0) is 4.74 Å². The van der Waals surface area contributed by atoms with Crippen molar-refractivity contribution in [3.8, 4) is 0 Å². The molecule has 1 aromatic rings. The first kappa shape index (κ1) is 11.9. The van der Waals surface area contributed by atoms with E-state index in [-0.39, 0.29) is 5.56 Å². The molecule has 0 amide bonds. The first-order valence-electron chi connectivity index (χ1n) is 5.63. The number of carboxylic acids is 1. The number of hydrogen-bond acceptors (Lipinski definition) is 4. The highest BCUT2D eigenvalue weighted by molar-refractivity contribution is 5.94. The maximum atomic E-state index is 11.1. The number of carbonyl (C=O) groups is 1. The minimum Gasteiger partial charge on any atom is -0.478 e. The van der Waals surface area contributed by atoms with Crippen LogP contribution in [0.15, 0.2) is 18.5 Å². The van der Waals surface area contributed by atoms with Gasteiger partial charge in [0.1, 0.15) is 5.56 Å². The fraction of sp³-hybridized carbons (Fsp3) is 0.500. The minimum absolute atomic E-state index is 0.269. The summed E-state index contributed by atoms with van der Waals surface area (Å²) in [5, 5.41) is 9.10. The maximum Gasteiger partial charge on any atom is 0.339 e. The molecule has 0 aromatic carbocycles. The lowest BCUT2D eigenvalue weighted by molar-refractivity contribution is 0.0697. The van der Waals surface area contributed by atoms with Crippen LogP contribution >= 0.6 is 0 Å². The summed E-state index contributed by atoms with van der Waals surface area (Å²) in [5.41, 5.74) is 1.02. The summed E-state index contributed by atoms with van der Waals surface area (Å²) in [7, 11) is 1.69. The van der Waals surface area contributed by atoms with Crippen LogP contribution in [0.5, 0.6) is 0 Å². The summed E-state index contributed by atoms with van der Waals surface area (Å²) in [6.07, 6.45) is 4.07.